The van der Waals surface area contributed by atoms with Crippen LogP contribution in [0.25, 0.3) is 0 Å². The van der Waals surface area contributed by atoms with E-state index in [0.29, 0.717) is 18.7 Å². The first-order valence-corrected chi connectivity index (χ1v) is 5.42. The zero-order valence-electron chi connectivity index (χ0n) is 9.63. The summed E-state index contributed by atoms with van der Waals surface area (Å²) in [6.07, 6.45) is 0.701. The molecule has 0 unspecified atom stereocenters. The largest absolute Gasteiger partial charge is 0.363 e. The van der Waals surface area contributed by atoms with Crippen molar-refractivity contribution >= 4 is 11.5 Å². The van der Waals surface area contributed by atoms with Gasteiger partial charge in [0.1, 0.15) is 0 Å². The van der Waals surface area contributed by atoms with Crippen LogP contribution >= 0.6 is 0 Å². The Labute approximate surface area is 90.9 Å². The van der Waals surface area contributed by atoms with Gasteiger partial charge in [0.05, 0.1) is 6.54 Å². The van der Waals surface area contributed by atoms with Crippen molar-refractivity contribution in [2.45, 2.75) is 27.2 Å². The quantitative estimate of drug-likeness (QED) is 0.698. The zero-order valence-corrected chi connectivity index (χ0v) is 9.63. The maximum absolute atomic E-state index is 11.3. The van der Waals surface area contributed by atoms with Crippen molar-refractivity contribution in [3.8, 4) is 0 Å². The fraction of sp³-hybridized carbons (Fsp3) is 0.462. The van der Waals surface area contributed by atoms with Crippen LogP contribution in [0.3, 0.4) is 0 Å². The Bertz CT molecular complexity index is 386. The second-order valence-corrected chi connectivity index (χ2v) is 4.46. The van der Waals surface area contributed by atoms with Crippen molar-refractivity contribution < 1.29 is 4.79 Å². The van der Waals surface area contributed by atoms with Crippen molar-refractivity contribution in [1.82, 2.24) is 0 Å². The Morgan fingerprint density at radius 2 is 1.73 bits per heavy atom. The molecule has 1 aromatic rings. The van der Waals surface area contributed by atoms with Crippen LogP contribution in [0.15, 0.2) is 12.1 Å². The molecule has 15 heavy (non-hydrogen) atoms. The van der Waals surface area contributed by atoms with Crippen molar-refractivity contribution in [2.24, 2.45) is 0 Å². The van der Waals surface area contributed by atoms with Gasteiger partial charge in [-0.3, -0.25) is 4.79 Å². The minimum absolute atomic E-state index is 0.356. The molecule has 0 radical (unpaired) electrons. The lowest BCUT2D eigenvalue weighted by Crippen LogP contribution is -2.21. The van der Waals surface area contributed by atoms with Gasteiger partial charge in [-0.05, 0) is 31.9 Å². The summed E-state index contributed by atoms with van der Waals surface area (Å²) in [6.45, 7) is 7.82. The highest BCUT2D eigenvalue weighted by molar-refractivity contribution is 5.87. The molecule has 0 aromatic heterocycles. The number of benzene rings is 1. The third kappa shape index (κ3) is 1.89. The summed E-state index contributed by atoms with van der Waals surface area (Å²) < 4.78 is 0. The number of aryl methyl sites for hydroxylation is 3. The van der Waals surface area contributed by atoms with Gasteiger partial charge in [0.2, 0.25) is 0 Å². The standard InChI is InChI=1S/C13H17NO/c1-9-6-10(2)13(11(3)7-9)14-5-4-12(15)8-14/h6-7H,4-5,8H2,1-3H3. The van der Waals surface area contributed by atoms with E-state index in [9.17, 15) is 4.79 Å². The van der Waals surface area contributed by atoms with E-state index in [1.807, 2.05) is 0 Å². The van der Waals surface area contributed by atoms with Crippen molar-refractivity contribution in [1.29, 1.82) is 0 Å². The number of hydrogen-bond donors (Lipinski definition) is 0. The molecule has 1 aromatic carbocycles. The summed E-state index contributed by atoms with van der Waals surface area (Å²) in [4.78, 5) is 13.5. The lowest BCUT2D eigenvalue weighted by atomic mass is 10.0. The van der Waals surface area contributed by atoms with Gasteiger partial charge in [-0.15, -0.1) is 0 Å². The molecule has 1 fully saturated rings. The van der Waals surface area contributed by atoms with Crippen molar-refractivity contribution in [3.63, 3.8) is 0 Å². The SMILES string of the molecule is Cc1cc(C)c(N2CCC(=O)C2)c(C)c1. The van der Waals surface area contributed by atoms with E-state index in [-0.39, 0.29) is 0 Å². The summed E-state index contributed by atoms with van der Waals surface area (Å²) in [7, 11) is 0. The second-order valence-electron chi connectivity index (χ2n) is 4.46. The van der Waals surface area contributed by atoms with E-state index in [2.05, 4.69) is 37.8 Å². The van der Waals surface area contributed by atoms with Crippen LogP contribution in [0.5, 0.6) is 0 Å². The number of carbonyl (C=O) groups excluding carboxylic acids is 1. The molecular formula is C13H17NO. The van der Waals surface area contributed by atoms with Crippen molar-refractivity contribution in [3.05, 3.63) is 28.8 Å². The third-order valence-electron chi connectivity index (χ3n) is 2.98. The monoisotopic (exact) mass is 203 g/mol. The number of carbonyl (C=O) groups is 1. The number of ketones is 1. The minimum atomic E-state index is 0.356. The van der Waals surface area contributed by atoms with E-state index in [1.165, 1.54) is 22.4 Å². The van der Waals surface area contributed by atoms with Gasteiger partial charge in [-0.25, -0.2) is 0 Å². The smallest absolute Gasteiger partial charge is 0.153 e. The van der Waals surface area contributed by atoms with Gasteiger partial charge in [0.25, 0.3) is 0 Å². The van der Waals surface area contributed by atoms with Gasteiger partial charge in [-0.2, -0.15) is 0 Å². The highest BCUT2D eigenvalue weighted by atomic mass is 16.1. The van der Waals surface area contributed by atoms with Crippen LogP contribution in [0.4, 0.5) is 5.69 Å². The molecule has 2 nitrogen and oxygen atoms in total. The highest BCUT2D eigenvalue weighted by Gasteiger charge is 2.22. The maximum atomic E-state index is 11.3. The van der Waals surface area contributed by atoms with Crippen LogP contribution in [-0.2, 0) is 4.79 Å². The predicted octanol–water partition coefficient (Wildman–Crippen LogP) is 2.39. The molecule has 1 heterocycles. The van der Waals surface area contributed by atoms with Gasteiger partial charge in [0.15, 0.2) is 5.78 Å². The normalized spacial score (nSPS) is 16.2. The molecule has 0 atom stereocenters. The van der Waals surface area contributed by atoms with Gasteiger partial charge in [0, 0.05) is 18.7 Å². The van der Waals surface area contributed by atoms with Crippen LogP contribution in [0.2, 0.25) is 0 Å². The maximum Gasteiger partial charge on any atom is 0.153 e. The lowest BCUT2D eigenvalue weighted by Gasteiger charge is -2.22. The summed E-state index contributed by atoms with van der Waals surface area (Å²) in [5.41, 5.74) is 5.11. The number of anilines is 1. The van der Waals surface area contributed by atoms with Crippen LogP contribution in [0.1, 0.15) is 23.1 Å². The molecule has 2 rings (SSSR count). The summed E-state index contributed by atoms with van der Waals surface area (Å²) in [5, 5.41) is 0. The lowest BCUT2D eigenvalue weighted by molar-refractivity contribution is -0.116. The molecule has 1 saturated heterocycles. The Hall–Kier alpha value is -1.31. The zero-order chi connectivity index (χ0) is 11.0. The van der Waals surface area contributed by atoms with E-state index in [1.54, 1.807) is 0 Å². The number of hydrogen-bond acceptors (Lipinski definition) is 2. The van der Waals surface area contributed by atoms with Crippen molar-refractivity contribution in [2.75, 3.05) is 18.0 Å². The Morgan fingerprint density at radius 3 is 2.20 bits per heavy atom. The number of nitrogens with zero attached hydrogens (tertiary/aromatic N) is 1. The number of rotatable bonds is 1. The van der Waals surface area contributed by atoms with Crippen LogP contribution in [0, 0.1) is 20.8 Å². The topological polar surface area (TPSA) is 20.3 Å². The number of Topliss-reactive ketones (excluding diaryl/α,β-unsaturated/α-hetero) is 1. The Balaban J connectivity index is 2.39. The summed E-state index contributed by atoms with van der Waals surface area (Å²) in [6, 6.07) is 4.37. The molecule has 0 bridgehead atoms. The molecule has 0 aliphatic carbocycles. The Morgan fingerprint density at radius 1 is 1.13 bits per heavy atom. The molecule has 2 heteroatoms. The van der Waals surface area contributed by atoms with E-state index in [0.717, 1.165) is 6.54 Å². The molecule has 0 saturated carbocycles. The predicted molar refractivity (Wildman–Crippen MR) is 62.5 cm³/mol. The van der Waals surface area contributed by atoms with E-state index in [4.69, 9.17) is 0 Å². The van der Waals surface area contributed by atoms with Crippen LogP contribution < -0.4 is 4.90 Å². The molecular weight excluding hydrogens is 186 g/mol. The Kier molecular flexibility index (Phi) is 2.51. The van der Waals surface area contributed by atoms with Gasteiger partial charge in [-0.1, -0.05) is 17.7 Å². The first-order chi connectivity index (χ1) is 7.08. The van der Waals surface area contributed by atoms with E-state index >= 15 is 0 Å². The summed E-state index contributed by atoms with van der Waals surface area (Å²) >= 11 is 0. The van der Waals surface area contributed by atoms with E-state index < -0.39 is 0 Å². The average Bonchev–Trinajstić information content (AvgIpc) is 2.49. The second kappa shape index (κ2) is 3.69. The molecule has 1 aliphatic heterocycles. The first-order valence-electron chi connectivity index (χ1n) is 5.42. The van der Waals surface area contributed by atoms with Gasteiger partial charge < -0.3 is 4.90 Å². The molecule has 80 valence electrons. The molecule has 0 spiro atoms. The van der Waals surface area contributed by atoms with Crippen LogP contribution in [-0.4, -0.2) is 18.9 Å². The first kappa shape index (κ1) is 10.2. The molecule has 0 amide bonds. The fourth-order valence-electron chi connectivity index (χ4n) is 2.49. The summed E-state index contributed by atoms with van der Waals surface area (Å²) in [5.74, 6) is 0.356. The molecule has 1 aliphatic rings. The average molecular weight is 203 g/mol. The highest BCUT2D eigenvalue weighted by Crippen LogP contribution is 2.28. The van der Waals surface area contributed by atoms with Gasteiger partial charge >= 0.3 is 0 Å². The minimum Gasteiger partial charge on any atom is -0.363 e. The third-order valence-corrected chi connectivity index (χ3v) is 2.98. The fourth-order valence-corrected chi connectivity index (χ4v) is 2.49. The molecule has 0 N–H and O–H groups in total.